The maximum atomic E-state index is 5.42. The van der Waals surface area contributed by atoms with Crippen LogP contribution in [-0.4, -0.2) is 18.3 Å². The van der Waals surface area contributed by atoms with Gasteiger partial charge >= 0.3 is 0 Å². The van der Waals surface area contributed by atoms with Crippen LogP contribution in [0.15, 0.2) is 22.7 Å². The third kappa shape index (κ3) is 1.44. The smallest absolute Gasteiger partial charge is 0.208 e. The van der Waals surface area contributed by atoms with Gasteiger partial charge in [0.2, 0.25) is 5.58 Å². The molecule has 2 aromatic rings. The number of rotatable bonds is 3. The number of ether oxygens (including phenoxy) is 1. The Labute approximate surface area is 81.6 Å². The molecule has 0 aliphatic rings. The fourth-order valence-electron chi connectivity index (χ4n) is 1.34. The Kier molecular flexibility index (Phi) is 2.37. The molecule has 0 saturated heterocycles. The zero-order valence-electron chi connectivity index (χ0n) is 7.99. The van der Waals surface area contributed by atoms with E-state index in [1.54, 1.807) is 0 Å². The second kappa shape index (κ2) is 3.67. The van der Waals surface area contributed by atoms with Crippen LogP contribution < -0.4 is 10.5 Å². The van der Waals surface area contributed by atoms with Crippen LogP contribution in [0.2, 0.25) is 0 Å². The van der Waals surface area contributed by atoms with Crippen LogP contribution in [0.5, 0.6) is 5.75 Å². The van der Waals surface area contributed by atoms with Crippen LogP contribution in [-0.2, 0) is 0 Å². The summed E-state index contributed by atoms with van der Waals surface area (Å²) in [6.45, 7) is 2.88. The van der Waals surface area contributed by atoms with E-state index in [1.165, 1.54) is 0 Å². The minimum atomic E-state index is 0.485. The van der Waals surface area contributed by atoms with Crippen LogP contribution >= 0.6 is 0 Å². The third-order valence-corrected chi connectivity index (χ3v) is 2.02. The molecule has 2 N–H and O–H groups in total. The van der Waals surface area contributed by atoms with Crippen molar-refractivity contribution in [3.8, 4) is 5.75 Å². The topological polar surface area (TPSA) is 61.3 Å². The Hall–Kier alpha value is -1.55. The zero-order chi connectivity index (χ0) is 9.97. The SMILES string of the molecule is Cc1noc2c(OCCN)cccc12. The van der Waals surface area contributed by atoms with Gasteiger partial charge in [0.05, 0.1) is 5.69 Å². The van der Waals surface area contributed by atoms with Gasteiger partial charge in [-0.05, 0) is 19.1 Å². The van der Waals surface area contributed by atoms with E-state index in [0.29, 0.717) is 24.5 Å². The van der Waals surface area contributed by atoms with E-state index in [1.807, 2.05) is 25.1 Å². The summed E-state index contributed by atoms with van der Waals surface area (Å²) in [5, 5.41) is 4.86. The van der Waals surface area contributed by atoms with Crippen molar-refractivity contribution in [2.45, 2.75) is 6.92 Å². The molecule has 74 valence electrons. The summed E-state index contributed by atoms with van der Waals surface area (Å²) in [6, 6.07) is 5.72. The first-order chi connectivity index (χ1) is 6.83. The van der Waals surface area contributed by atoms with E-state index in [9.17, 15) is 0 Å². The number of nitrogens with zero attached hydrogens (tertiary/aromatic N) is 1. The Bertz CT molecular complexity index is 437. The van der Waals surface area contributed by atoms with E-state index in [0.717, 1.165) is 11.1 Å². The first kappa shape index (κ1) is 9.02. The predicted octanol–water partition coefficient (Wildman–Crippen LogP) is 1.47. The highest BCUT2D eigenvalue weighted by Gasteiger charge is 2.08. The maximum absolute atomic E-state index is 5.42. The third-order valence-electron chi connectivity index (χ3n) is 2.02. The predicted molar refractivity (Wildman–Crippen MR) is 53.3 cm³/mol. The highest BCUT2D eigenvalue weighted by molar-refractivity contribution is 5.84. The molecular weight excluding hydrogens is 180 g/mol. The van der Waals surface area contributed by atoms with Crippen molar-refractivity contribution in [2.24, 2.45) is 5.73 Å². The quantitative estimate of drug-likeness (QED) is 0.800. The van der Waals surface area contributed by atoms with Crippen LogP contribution in [0.3, 0.4) is 0 Å². The van der Waals surface area contributed by atoms with E-state index in [4.69, 9.17) is 15.0 Å². The van der Waals surface area contributed by atoms with Gasteiger partial charge in [-0.25, -0.2) is 0 Å². The number of aryl methyl sites for hydroxylation is 1. The summed E-state index contributed by atoms with van der Waals surface area (Å²) in [6.07, 6.45) is 0. The average molecular weight is 192 g/mol. The van der Waals surface area contributed by atoms with Gasteiger partial charge in [-0.15, -0.1) is 0 Å². The number of para-hydroxylation sites is 1. The molecule has 14 heavy (non-hydrogen) atoms. The molecule has 0 unspecified atom stereocenters. The number of hydrogen-bond donors (Lipinski definition) is 1. The highest BCUT2D eigenvalue weighted by Crippen LogP contribution is 2.27. The summed E-state index contributed by atoms with van der Waals surface area (Å²) in [5.74, 6) is 0.702. The van der Waals surface area contributed by atoms with Gasteiger partial charge in [-0.2, -0.15) is 0 Å². The molecule has 0 saturated carbocycles. The summed E-state index contributed by atoms with van der Waals surface area (Å²) < 4.78 is 10.6. The lowest BCUT2D eigenvalue weighted by molar-refractivity contribution is 0.322. The molecule has 0 fully saturated rings. The summed E-state index contributed by atoms with van der Waals surface area (Å²) in [5.41, 5.74) is 6.92. The van der Waals surface area contributed by atoms with Gasteiger partial charge in [0.1, 0.15) is 6.61 Å². The van der Waals surface area contributed by atoms with Crippen LogP contribution in [0.25, 0.3) is 11.0 Å². The van der Waals surface area contributed by atoms with Crippen LogP contribution in [0, 0.1) is 6.92 Å². The normalized spacial score (nSPS) is 10.7. The monoisotopic (exact) mass is 192 g/mol. The van der Waals surface area contributed by atoms with Crippen LogP contribution in [0.4, 0.5) is 0 Å². The molecule has 1 heterocycles. The number of nitrogens with two attached hydrogens (primary N) is 1. The first-order valence-electron chi connectivity index (χ1n) is 4.51. The molecular formula is C10H12N2O2. The maximum Gasteiger partial charge on any atom is 0.208 e. The second-order valence-electron chi connectivity index (χ2n) is 3.04. The van der Waals surface area contributed by atoms with Gasteiger partial charge in [0.25, 0.3) is 0 Å². The largest absolute Gasteiger partial charge is 0.488 e. The highest BCUT2D eigenvalue weighted by atomic mass is 16.5. The Balaban J connectivity index is 2.44. The fraction of sp³-hybridized carbons (Fsp3) is 0.300. The molecule has 4 nitrogen and oxygen atoms in total. The van der Waals surface area contributed by atoms with Crippen molar-refractivity contribution < 1.29 is 9.26 Å². The molecule has 1 aromatic heterocycles. The number of hydrogen-bond acceptors (Lipinski definition) is 4. The second-order valence-corrected chi connectivity index (χ2v) is 3.04. The summed E-state index contributed by atoms with van der Waals surface area (Å²) in [4.78, 5) is 0. The Morgan fingerprint density at radius 3 is 3.14 bits per heavy atom. The van der Waals surface area contributed by atoms with Crippen molar-refractivity contribution in [1.82, 2.24) is 5.16 Å². The molecule has 0 aliphatic carbocycles. The van der Waals surface area contributed by atoms with Crippen molar-refractivity contribution in [2.75, 3.05) is 13.2 Å². The van der Waals surface area contributed by atoms with Gasteiger partial charge in [0.15, 0.2) is 5.75 Å². The molecule has 1 aromatic carbocycles. The number of benzene rings is 1. The van der Waals surface area contributed by atoms with Crippen molar-refractivity contribution in [1.29, 1.82) is 0 Å². The minimum Gasteiger partial charge on any atom is -0.488 e. The molecule has 2 rings (SSSR count). The van der Waals surface area contributed by atoms with Gasteiger partial charge in [-0.3, -0.25) is 0 Å². The van der Waals surface area contributed by atoms with Gasteiger partial charge in [0, 0.05) is 11.9 Å². The molecule has 0 aliphatic heterocycles. The minimum absolute atomic E-state index is 0.485. The lowest BCUT2D eigenvalue weighted by Crippen LogP contribution is -2.10. The number of aromatic nitrogens is 1. The molecule has 0 amide bonds. The Morgan fingerprint density at radius 2 is 2.36 bits per heavy atom. The fourth-order valence-corrected chi connectivity index (χ4v) is 1.34. The van der Waals surface area contributed by atoms with E-state index in [2.05, 4.69) is 5.16 Å². The summed E-state index contributed by atoms with van der Waals surface area (Å²) in [7, 11) is 0. The van der Waals surface area contributed by atoms with Gasteiger partial charge in [-0.1, -0.05) is 11.2 Å². The van der Waals surface area contributed by atoms with Crippen LogP contribution in [0.1, 0.15) is 5.69 Å². The van der Waals surface area contributed by atoms with E-state index < -0.39 is 0 Å². The van der Waals surface area contributed by atoms with E-state index in [-0.39, 0.29) is 0 Å². The van der Waals surface area contributed by atoms with Crippen molar-refractivity contribution >= 4 is 11.0 Å². The van der Waals surface area contributed by atoms with Crippen molar-refractivity contribution in [3.63, 3.8) is 0 Å². The standard InChI is InChI=1S/C10H12N2O2/c1-7-8-3-2-4-9(13-6-5-11)10(8)14-12-7/h2-4H,5-6,11H2,1H3. The molecule has 0 atom stereocenters. The van der Waals surface area contributed by atoms with Crippen molar-refractivity contribution in [3.05, 3.63) is 23.9 Å². The number of fused-ring (bicyclic) bond motifs is 1. The lowest BCUT2D eigenvalue weighted by atomic mass is 10.2. The molecule has 0 radical (unpaired) electrons. The average Bonchev–Trinajstić information content (AvgIpc) is 2.58. The summed E-state index contributed by atoms with van der Waals surface area (Å²) >= 11 is 0. The first-order valence-corrected chi connectivity index (χ1v) is 4.51. The Morgan fingerprint density at radius 1 is 1.50 bits per heavy atom. The zero-order valence-corrected chi connectivity index (χ0v) is 7.99. The molecule has 4 heteroatoms. The van der Waals surface area contributed by atoms with E-state index >= 15 is 0 Å². The lowest BCUT2D eigenvalue weighted by Gasteiger charge is -2.03. The van der Waals surface area contributed by atoms with Gasteiger partial charge < -0.3 is 15.0 Å². The molecule has 0 spiro atoms. The molecule has 0 bridgehead atoms.